The summed E-state index contributed by atoms with van der Waals surface area (Å²) in [5.41, 5.74) is 2.34. The Kier molecular flexibility index (Phi) is 4.96. The van der Waals surface area contributed by atoms with Gasteiger partial charge in [0.25, 0.3) is 11.5 Å². The van der Waals surface area contributed by atoms with Crippen LogP contribution in [0.4, 0.5) is 10.1 Å². The highest BCUT2D eigenvalue weighted by molar-refractivity contribution is 6.04. The predicted molar refractivity (Wildman–Crippen MR) is 111 cm³/mol. The van der Waals surface area contributed by atoms with E-state index in [9.17, 15) is 14.0 Å². The standard InChI is InChI=1S/C22H20FN5O2/c1-14-3-4-15(13-24)11-19(14)27-7-9-28(10-8-27)22(30)20-18-12-16(23)5-6-17(18)21(29)26(2)25-20/h3-6,11-12H,7-10H2,1-2H3. The van der Waals surface area contributed by atoms with Gasteiger partial charge in [0.1, 0.15) is 5.82 Å². The van der Waals surface area contributed by atoms with Gasteiger partial charge >= 0.3 is 0 Å². The van der Waals surface area contributed by atoms with Crippen molar-refractivity contribution >= 4 is 22.4 Å². The molecule has 0 aliphatic carbocycles. The highest BCUT2D eigenvalue weighted by Gasteiger charge is 2.26. The van der Waals surface area contributed by atoms with Crippen LogP contribution < -0.4 is 10.5 Å². The third-order valence-corrected chi connectivity index (χ3v) is 5.46. The predicted octanol–water partition coefficient (Wildman–Crippen LogP) is 2.22. The van der Waals surface area contributed by atoms with Crippen LogP contribution >= 0.6 is 0 Å². The number of anilines is 1. The maximum Gasteiger partial charge on any atom is 0.275 e. The van der Waals surface area contributed by atoms with Gasteiger partial charge in [-0.15, -0.1) is 0 Å². The molecule has 152 valence electrons. The lowest BCUT2D eigenvalue weighted by Gasteiger charge is -2.36. The number of hydrogen-bond acceptors (Lipinski definition) is 5. The summed E-state index contributed by atoms with van der Waals surface area (Å²) >= 11 is 0. The van der Waals surface area contributed by atoms with Crippen molar-refractivity contribution in [1.29, 1.82) is 5.26 Å². The lowest BCUT2D eigenvalue weighted by atomic mass is 10.1. The first-order chi connectivity index (χ1) is 14.4. The number of nitrogens with zero attached hydrogens (tertiary/aromatic N) is 5. The van der Waals surface area contributed by atoms with Gasteiger partial charge < -0.3 is 9.80 Å². The molecule has 8 heteroatoms. The van der Waals surface area contributed by atoms with E-state index >= 15 is 0 Å². The average Bonchev–Trinajstić information content (AvgIpc) is 2.76. The number of nitriles is 1. The highest BCUT2D eigenvalue weighted by Crippen LogP contribution is 2.24. The lowest BCUT2D eigenvalue weighted by molar-refractivity contribution is 0.0740. The van der Waals surface area contributed by atoms with Crippen LogP contribution in [-0.2, 0) is 7.05 Å². The zero-order valence-corrected chi connectivity index (χ0v) is 16.7. The van der Waals surface area contributed by atoms with E-state index in [1.54, 1.807) is 11.0 Å². The Balaban J connectivity index is 1.60. The zero-order chi connectivity index (χ0) is 21.4. The number of carbonyl (C=O) groups is 1. The Bertz CT molecular complexity index is 1250. The minimum absolute atomic E-state index is 0.0720. The van der Waals surface area contributed by atoms with Gasteiger partial charge in [-0.1, -0.05) is 6.07 Å². The maximum absolute atomic E-state index is 13.8. The van der Waals surface area contributed by atoms with Crippen molar-refractivity contribution in [2.75, 3.05) is 31.1 Å². The van der Waals surface area contributed by atoms with Gasteiger partial charge in [0.15, 0.2) is 5.69 Å². The summed E-state index contributed by atoms with van der Waals surface area (Å²) in [4.78, 5) is 29.3. The van der Waals surface area contributed by atoms with E-state index in [2.05, 4.69) is 16.1 Å². The first-order valence-corrected chi connectivity index (χ1v) is 9.60. The minimum Gasteiger partial charge on any atom is -0.368 e. The number of fused-ring (bicyclic) bond motifs is 1. The van der Waals surface area contributed by atoms with Crippen LogP contribution in [0.3, 0.4) is 0 Å². The molecule has 1 aromatic heterocycles. The van der Waals surface area contributed by atoms with Gasteiger partial charge in [0.05, 0.1) is 17.0 Å². The minimum atomic E-state index is -0.524. The largest absolute Gasteiger partial charge is 0.368 e. The molecule has 0 unspecified atom stereocenters. The zero-order valence-electron chi connectivity index (χ0n) is 16.7. The molecule has 4 rings (SSSR count). The molecule has 3 aromatic rings. The Morgan fingerprint density at radius 1 is 1.10 bits per heavy atom. The van der Waals surface area contributed by atoms with Crippen molar-refractivity contribution in [3.63, 3.8) is 0 Å². The SMILES string of the molecule is Cc1ccc(C#N)cc1N1CCN(C(=O)c2nn(C)c(=O)c3ccc(F)cc23)CC1. The van der Waals surface area contributed by atoms with E-state index in [-0.39, 0.29) is 27.9 Å². The summed E-state index contributed by atoms with van der Waals surface area (Å²) in [5.74, 6) is -0.854. The second-order valence-corrected chi connectivity index (χ2v) is 7.36. The monoisotopic (exact) mass is 405 g/mol. The van der Waals surface area contributed by atoms with Crippen LogP contribution in [-0.4, -0.2) is 46.8 Å². The molecule has 0 radical (unpaired) electrons. The summed E-state index contributed by atoms with van der Waals surface area (Å²) in [7, 11) is 1.48. The van der Waals surface area contributed by atoms with Crippen LogP contribution in [0, 0.1) is 24.1 Å². The van der Waals surface area contributed by atoms with Crippen molar-refractivity contribution in [3.05, 3.63) is 69.4 Å². The number of aryl methyl sites for hydroxylation is 2. The van der Waals surface area contributed by atoms with Crippen LogP contribution in [0.2, 0.25) is 0 Å². The molecule has 2 heterocycles. The smallest absolute Gasteiger partial charge is 0.275 e. The number of carbonyl (C=O) groups excluding carboxylic acids is 1. The molecule has 2 aromatic carbocycles. The first-order valence-electron chi connectivity index (χ1n) is 9.60. The van der Waals surface area contributed by atoms with E-state index in [0.29, 0.717) is 31.7 Å². The third-order valence-electron chi connectivity index (χ3n) is 5.46. The first kappa shape index (κ1) is 19.6. The summed E-state index contributed by atoms with van der Waals surface area (Å²) in [6.07, 6.45) is 0. The topological polar surface area (TPSA) is 82.2 Å². The molecule has 0 bridgehead atoms. The van der Waals surface area contributed by atoms with E-state index < -0.39 is 5.82 Å². The number of rotatable bonds is 2. The van der Waals surface area contributed by atoms with Crippen LogP contribution in [0.5, 0.6) is 0 Å². The molecule has 1 fully saturated rings. The fourth-order valence-electron chi connectivity index (χ4n) is 3.80. The Hall–Kier alpha value is -3.73. The van der Waals surface area contributed by atoms with Crippen molar-refractivity contribution in [1.82, 2.24) is 14.7 Å². The van der Waals surface area contributed by atoms with Gasteiger partial charge in [-0.05, 0) is 42.8 Å². The fourth-order valence-corrected chi connectivity index (χ4v) is 3.80. The molecule has 1 amide bonds. The molecule has 1 saturated heterocycles. The molecule has 0 N–H and O–H groups in total. The normalized spacial score (nSPS) is 14.1. The van der Waals surface area contributed by atoms with Crippen LogP contribution in [0.25, 0.3) is 10.8 Å². The van der Waals surface area contributed by atoms with Crippen molar-refractivity contribution in [2.24, 2.45) is 7.05 Å². The molecule has 0 spiro atoms. The fraction of sp³-hybridized carbons (Fsp3) is 0.273. The summed E-state index contributed by atoms with van der Waals surface area (Å²) < 4.78 is 14.9. The molecule has 0 saturated carbocycles. The van der Waals surface area contributed by atoms with Gasteiger partial charge in [-0.25, -0.2) is 9.07 Å². The van der Waals surface area contributed by atoms with E-state index in [1.807, 2.05) is 19.1 Å². The number of halogens is 1. The lowest BCUT2D eigenvalue weighted by Crippen LogP contribution is -2.49. The number of hydrogen-bond donors (Lipinski definition) is 0. The average molecular weight is 405 g/mol. The Morgan fingerprint density at radius 2 is 1.83 bits per heavy atom. The van der Waals surface area contributed by atoms with Crippen molar-refractivity contribution in [2.45, 2.75) is 6.92 Å². The quantitative estimate of drug-likeness (QED) is 0.653. The molecule has 0 atom stereocenters. The Labute approximate surface area is 172 Å². The van der Waals surface area contributed by atoms with Gasteiger partial charge in [-0.3, -0.25) is 9.59 Å². The molecule has 1 aliphatic rings. The summed E-state index contributed by atoms with van der Waals surface area (Å²) in [5, 5.41) is 13.8. The molecule has 1 aliphatic heterocycles. The van der Waals surface area contributed by atoms with E-state index in [0.717, 1.165) is 15.9 Å². The number of piperazine rings is 1. The second kappa shape index (κ2) is 7.59. The van der Waals surface area contributed by atoms with Crippen molar-refractivity contribution in [3.8, 4) is 6.07 Å². The molecule has 7 nitrogen and oxygen atoms in total. The summed E-state index contributed by atoms with van der Waals surface area (Å²) in [6, 6.07) is 11.5. The highest BCUT2D eigenvalue weighted by atomic mass is 19.1. The third kappa shape index (κ3) is 3.39. The second-order valence-electron chi connectivity index (χ2n) is 7.36. The molecule has 30 heavy (non-hydrogen) atoms. The number of benzene rings is 2. The van der Waals surface area contributed by atoms with Crippen LogP contribution in [0.15, 0.2) is 41.2 Å². The van der Waals surface area contributed by atoms with Crippen molar-refractivity contribution < 1.29 is 9.18 Å². The Morgan fingerprint density at radius 3 is 2.53 bits per heavy atom. The number of aromatic nitrogens is 2. The molecular weight excluding hydrogens is 385 g/mol. The van der Waals surface area contributed by atoms with Gasteiger partial charge in [0.2, 0.25) is 0 Å². The van der Waals surface area contributed by atoms with Gasteiger partial charge in [0, 0.05) is 44.3 Å². The number of amides is 1. The maximum atomic E-state index is 13.8. The van der Waals surface area contributed by atoms with Gasteiger partial charge in [-0.2, -0.15) is 10.4 Å². The van der Waals surface area contributed by atoms with Crippen LogP contribution in [0.1, 0.15) is 21.6 Å². The van der Waals surface area contributed by atoms with E-state index in [1.165, 1.54) is 25.2 Å². The van der Waals surface area contributed by atoms with E-state index in [4.69, 9.17) is 5.26 Å². The summed E-state index contributed by atoms with van der Waals surface area (Å²) in [6.45, 7) is 4.09. The molecular formula is C22H20FN5O2.